The van der Waals surface area contributed by atoms with Crippen molar-refractivity contribution in [3.05, 3.63) is 29.8 Å². The third kappa shape index (κ3) is 3.73. The summed E-state index contributed by atoms with van der Waals surface area (Å²) in [5.74, 6) is -1.77. The van der Waals surface area contributed by atoms with Crippen LogP contribution in [0.2, 0.25) is 0 Å². The first kappa shape index (κ1) is 17.9. The Morgan fingerprint density at radius 3 is 2.62 bits per heavy atom. The van der Waals surface area contributed by atoms with Gasteiger partial charge >= 0.3 is 5.97 Å². The minimum atomic E-state index is -1.34. The maximum Gasteiger partial charge on any atom is 0.329 e. The molecule has 7 nitrogen and oxygen atoms in total. The van der Waals surface area contributed by atoms with E-state index in [1.54, 1.807) is 18.2 Å². The van der Waals surface area contributed by atoms with E-state index in [1.165, 1.54) is 27.0 Å². The zero-order valence-corrected chi connectivity index (χ0v) is 14.0. The largest absolute Gasteiger partial charge is 0.480 e. The summed E-state index contributed by atoms with van der Waals surface area (Å²) in [6, 6.07) is 6.42. The van der Waals surface area contributed by atoms with Gasteiger partial charge in [0.1, 0.15) is 11.6 Å². The second kappa shape index (κ2) is 7.00. The summed E-state index contributed by atoms with van der Waals surface area (Å²) in [5, 5.41) is 12.0. The van der Waals surface area contributed by atoms with E-state index >= 15 is 0 Å². The van der Waals surface area contributed by atoms with Gasteiger partial charge in [-0.15, -0.1) is 0 Å². The fourth-order valence-electron chi connectivity index (χ4n) is 2.33. The Morgan fingerprint density at radius 1 is 1.33 bits per heavy atom. The van der Waals surface area contributed by atoms with Crippen molar-refractivity contribution in [1.82, 2.24) is 4.90 Å². The van der Waals surface area contributed by atoms with E-state index in [4.69, 9.17) is 4.74 Å². The van der Waals surface area contributed by atoms with Crippen LogP contribution in [0.3, 0.4) is 0 Å². The number of hydrogen-bond acceptors (Lipinski definition) is 4. The van der Waals surface area contributed by atoms with Gasteiger partial charge in [-0.2, -0.15) is 0 Å². The molecule has 1 heterocycles. The number of nitrogens with zero attached hydrogens (tertiary/aromatic N) is 1. The maximum absolute atomic E-state index is 12.5. The van der Waals surface area contributed by atoms with E-state index in [2.05, 4.69) is 5.32 Å². The van der Waals surface area contributed by atoms with Gasteiger partial charge in [-0.1, -0.05) is 6.07 Å². The fraction of sp³-hybridized carbons (Fsp3) is 0.471. The van der Waals surface area contributed by atoms with Gasteiger partial charge < -0.3 is 20.1 Å². The predicted octanol–water partition coefficient (Wildman–Crippen LogP) is 1.74. The number of carboxylic acids is 1. The third-order valence-electron chi connectivity index (χ3n) is 4.27. The van der Waals surface area contributed by atoms with E-state index in [1.807, 2.05) is 0 Å². The van der Waals surface area contributed by atoms with Gasteiger partial charge in [0.05, 0.1) is 0 Å². The molecule has 1 aliphatic heterocycles. The van der Waals surface area contributed by atoms with Crippen LogP contribution in [-0.2, 0) is 14.3 Å². The lowest BCUT2D eigenvalue weighted by Gasteiger charge is -2.31. The summed E-state index contributed by atoms with van der Waals surface area (Å²) in [4.78, 5) is 37.0. The Labute approximate surface area is 140 Å². The van der Waals surface area contributed by atoms with Crippen molar-refractivity contribution >= 4 is 23.5 Å². The van der Waals surface area contributed by atoms with Gasteiger partial charge in [-0.05, 0) is 44.9 Å². The Kier molecular flexibility index (Phi) is 5.23. The molecule has 130 valence electrons. The van der Waals surface area contributed by atoms with Crippen LogP contribution in [0.4, 0.5) is 5.69 Å². The summed E-state index contributed by atoms with van der Waals surface area (Å²) in [6.07, 6.45) is 1.07. The molecule has 1 atom stereocenters. The molecule has 1 unspecified atom stereocenters. The van der Waals surface area contributed by atoms with Gasteiger partial charge in [0.2, 0.25) is 0 Å². The first-order valence-corrected chi connectivity index (χ1v) is 7.77. The van der Waals surface area contributed by atoms with E-state index in [0.29, 0.717) is 24.3 Å². The molecule has 0 aromatic heterocycles. The van der Waals surface area contributed by atoms with Crippen molar-refractivity contribution in [2.75, 3.05) is 19.0 Å². The Morgan fingerprint density at radius 2 is 2.04 bits per heavy atom. The van der Waals surface area contributed by atoms with Gasteiger partial charge in [-0.25, -0.2) is 4.79 Å². The van der Waals surface area contributed by atoms with Crippen LogP contribution in [-0.4, -0.2) is 53.1 Å². The van der Waals surface area contributed by atoms with Crippen molar-refractivity contribution < 1.29 is 24.2 Å². The quantitative estimate of drug-likeness (QED) is 0.855. The lowest BCUT2D eigenvalue weighted by Crippen LogP contribution is -2.50. The van der Waals surface area contributed by atoms with E-state index in [0.717, 1.165) is 11.3 Å². The second-order valence-electron chi connectivity index (χ2n) is 6.30. The molecular formula is C17H22N2O5. The highest BCUT2D eigenvalue weighted by Gasteiger charge is 2.35. The zero-order valence-electron chi connectivity index (χ0n) is 14.0. The molecule has 24 heavy (non-hydrogen) atoms. The lowest BCUT2D eigenvalue weighted by atomic mass is 10.0. The Hall–Kier alpha value is -2.41. The van der Waals surface area contributed by atoms with E-state index in [-0.39, 0.29) is 5.91 Å². The van der Waals surface area contributed by atoms with Crippen molar-refractivity contribution in [2.24, 2.45) is 0 Å². The Balaban J connectivity index is 2.13. The standard InChI is InChI=1S/C17H22N2O5/c1-17(2,16(22)23)19(3)15(21)11-6-4-7-12(10-11)18-14(20)13-8-5-9-24-13/h4,6-7,10,13H,5,8-9H2,1-3H3,(H,18,20)(H,22,23). The molecule has 0 saturated carbocycles. The normalized spacial score (nSPS) is 17.4. The number of ether oxygens (including phenoxy) is 1. The average molecular weight is 334 g/mol. The van der Waals surface area contributed by atoms with Gasteiger partial charge in [-0.3, -0.25) is 9.59 Å². The molecular weight excluding hydrogens is 312 g/mol. The van der Waals surface area contributed by atoms with Gasteiger partial charge in [0.15, 0.2) is 0 Å². The van der Waals surface area contributed by atoms with Gasteiger partial charge in [0, 0.05) is 24.9 Å². The second-order valence-corrected chi connectivity index (χ2v) is 6.30. The molecule has 1 aromatic rings. The number of aliphatic carboxylic acids is 1. The van der Waals surface area contributed by atoms with Crippen molar-refractivity contribution in [3.63, 3.8) is 0 Å². The number of benzene rings is 1. The molecule has 2 rings (SSSR count). The monoisotopic (exact) mass is 334 g/mol. The molecule has 2 amide bonds. The van der Waals surface area contributed by atoms with Crippen LogP contribution in [0.5, 0.6) is 0 Å². The van der Waals surface area contributed by atoms with Crippen molar-refractivity contribution in [3.8, 4) is 0 Å². The van der Waals surface area contributed by atoms with Crippen molar-refractivity contribution in [1.29, 1.82) is 0 Å². The number of nitrogens with one attached hydrogen (secondary N) is 1. The summed E-state index contributed by atoms with van der Waals surface area (Å²) < 4.78 is 5.32. The topological polar surface area (TPSA) is 95.9 Å². The highest BCUT2D eigenvalue weighted by atomic mass is 16.5. The third-order valence-corrected chi connectivity index (χ3v) is 4.27. The van der Waals surface area contributed by atoms with Crippen LogP contribution >= 0.6 is 0 Å². The number of carbonyl (C=O) groups excluding carboxylic acids is 2. The average Bonchev–Trinajstić information content (AvgIpc) is 3.08. The molecule has 2 N–H and O–H groups in total. The first-order valence-electron chi connectivity index (χ1n) is 7.77. The summed E-state index contributed by atoms with van der Waals surface area (Å²) in [5.41, 5.74) is -0.562. The van der Waals surface area contributed by atoms with Crippen LogP contribution < -0.4 is 5.32 Å². The van der Waals surface area contributed by atoms with E-state index < -0.39 is 23.5 Å². The highest BCUT2D eigenvalue weighted by molar-refractivity contribution is 6.00. The molecule has 0 bridgehead atoms. The summed E-state index contributed by atoms with van der Waals surface area (Å²) >= 11 is 0. The lowest BCUT2D eigenvalue weighted by molar-refractivity contribution is -0.147. The molecule has 1 aliphatic rings. The summed E-state index contributed by atoms with van der Waals surface area (Å²) in [6.45, 7) is 3.48. The number of carboxylic acid groups (broad SMARTS) is 1. The number of anilines is 1. The number of carbonyl (C=O) groups is 3. The van der Waals surface area contributed by atoms with Crippen LogP contribution in [0, 0.1) is 0 Å². The molecule has 0 radical (unpaired) electrons. The zero-order chi connectivity index (χ0) is 17.9. The minimum Gasteiger partial charge on any atom is -0.480 e. The fourth-order valence-corrected chi connectivity index (χ4v) is 2.33. The first-order chi connectivity index (χ1) is 11.2. The van der Waals surface area contributed by atoms with Crippen LogP contribution in [0.1, 0.15) is 37.0 Å². The molecule has 0 aliphatic carbocycles. The molecule has 7 heteroatoms. The SMILES string of the molecule is CN(C(=O)c1cccc(NC(=O)C2CCCO2)c1)C(C)(C)C(=O)O. The number of likely N-dealkylation sites (N-methyl/N-ethyl adjacent to an activating group) is 1. The van der Waals surface area contributed by atoms with Crippen molar-refractivity contribution in [2.45, 2.75) is 38.3 Å². The number of amides is 2. The van der Waals surface area contributed by atoms with E-state index in [9.17, 15) is 19.5 Å². The van der Waals surface area contributed by atoms with Crippen LogP contribution in [0.25, 0.3) is 0 Å². The maximum atomic E-state index is 12.5. The highest BCUT2D eigenvalue weighted by Crippen LogP contribution is 2.20. The molecule has 1 saturated heterocycles. The smallest absolute Gasteiger partial charge is 0.329 e. The minimum absolute atomic E-state index is 0.240. The number of hydrogen-bond donors (Lipinski definition) is 2. The molecule has 1 aromatic carbocycles. The Bertz CT molecular complexity index is 650. The molecule has 0 spiro atoms. The predicted molar refractivity (Wildman–Crippen MR) is 87.9 cm³/mol. The molecule has 1 fully saturated rings. The summed E-state index contributed by atoms with van der Waals surface area (Å²) in [7, 11) is 1.44. The number of rotatable bonds is 5. The van der Waals surface area contributed by atoms with Gasteiger partial charge in [0.25, 0.3) is 11.8 Å². The van der Waals surface area contributed by atoms with Crippen LogP contribution in [0.15, 0.2) is 24.3 Å².